The Morgan fingerprint density at radius 3 is 2.37 bits per heavy atom. The van der Waals surface area contributed by atoms with E-state index in [9.17, 15) is 24.3 Å². The molecule has 3 amide bonds. The largest absolute Gasteiger partial charge is 0.488 e. The van der Waals surface area contributed by atoms with Gasteiger partial charge < -0.3 is 30.1 Å². The van der Waals surface area contributed by atoms with Gasteiger partial charge in [0.25, 0.3) is 0 Å². The summed E-state index contributed by atoms with van der Waals surface area (Å²) in [5.74, 6) is -2.23. The van der Waals surface area contributed by atoms with Crippen LogP contribution in [-0.4, -0.2) is 74.7 Å². The van der Waals surface area contributed by atoms with Crippen LogP contribution < -0.4 is 15.4 Å². The SMILES string of the molecule is C=C[C@H]1CC1(NC(=O)[C@@H]1C[C@@H](Oc2cc(-c3ccccc3)nc3cc(Br)ccc23)CN1C(=O)[C@@H](NC(=O)OC(C)(C)C)C(C)(C)C)C(=O)O. The monoisotopic (exact) mass is 734 g/mol. The number of nitrogens with one attached hydrogen (secondary N) is 2. The number of halogens is 1. The molecule has 1 aliphatic heterocycles. The predicted octanol–water partition coefficient (Wildman–Crippen LogP) is 6.10. The Balaban J connectivity index is 1.50. The number of alkyl carbamates (subject to hydrolysis) is 1. The fourth-order valence-electron chi connectivity index (χ4n) is 6.14. The summed E-state index contributed by atoms with van der Waals surface area (Å²) in [6.07, 6.45) is 0.360. The third-order valence-corrected chi connectivity index (χ3v) is 9.24. The Bertz CT molecular complexity index is 1780. The highest BCUT2D eigenvalue weighted by Crippen LogP contribution is 2.45. The molecule has 1 saturated carbocycles. The third-order valence-electron chi connectivity index (χ3n) is 8.75. The summed E-state index contributed by atoms with van der Waals surface area (Å²) >= 11 is 3.53. The van der Waals surface area contributed by atoms with Gasteiger partial charge in [0.15, 0.2) is 0 Å². The lowest BCUT2D eigenvalue weighted by Gasteiger charge is -2.35. The van der Waals surface area contributed by atoms with Gasteiger partial charge in [0.2, 0.25) is 11.8 Å². The topological polar surface area (TPSA) is 147 Å². The average Bonchev–Trinajstić information content (AvgIpc) is 3.58. The molecule has 3 N–H and O–H groups in total. The molecule has 1 aliphatic carbocycles. The van der Waals surface area contributed by atoms with Gasteiger partial charge in [0, 0.05) is 33.8 Å². The number of likely N-dealkylation sites (tertiary alicyclic amines) is 1. The number of hydrogen-bond donors (Lipinski definition) is 3. The zero-order valence-electron chi connectivity index (χ0n) is 28.6. The minimum Gasteiger partial charge on any atom is -0.488 e. The molecule has 2 aliphatic rings. The molecule has 11 nitrogen and oxygen atoms in total. The maximum absolute atomic E-state index is 14.4. The molecule has 49 heavy (non-hydrogen) atoms. The Kier molecular flexibility index (Phi) is 9.84. The van der Waals surface area contributed by atoms with E-state index in [1.807, 2.05) is 54.6 Å². The van der Waals surface area contributed by atoms with Crippen LogP contribution in [0.4, 0.5) is 4.79 Å². The molecule has 0 bridgehead atoms. The van der Waals surface area contributed by atoms with Crippen molar-refractivity contribution in [3.63, 3.8) is 0 Å². The van der Waals surface area contributed by atoms with E-state index in [2.05, 4.69) is 33.1 Å². The third kappa shape index (κ3) is 7.90. The molecule has 0 radical (unpaired) electrons. The number of carbonyl (C=O) groups excluding carboxylic acids is 3. The van der Waals surface area contributed by atoms with Crippen molar-refractivity contribution in [1.29, 1.82) is 0 Å². The molecule has 0 spiro atoms. The van der Waals surface area contributed by atoms with E-state index in [1.54, 1.807) is 41.5 Å². The van der Waals surface area contributed by atoms with E-state index < -0.39 is 64.5 Å². The first kappa shape index (κ1) is 35.8. The second kappa shape index (κ2) is 13.5. The zero-order valence-corrected chi connectivity index (χ0v) is 30.2. The van der Waals surface area contributed by atoms with E-state index in [0.717, 1.165) is 15.4 Å². The van der Waals surface area contributed by atoms with Crippen LogP contribution in [0.15, 0.2) is 71.7 Å². The second-order valence-corrected chi connectivity index (χ2v) is 15.7. The number of pyridine rings is 1. The first-order valence-corrected chi connectivity index (χ1v) is 17.0. The van der Waals surface area contributed by atoms with Gasteiger partial charge in [-0.25, -0.2) is 14.6 Å². The summed E-state index contributed by atoms with van der Waals surface area (Å²) in [4.78, 5) is 59.8. The summed E-state index contributed by atoms with van der Waals surface area (Å²) in [5.41, 5.74) is -0.819. The number of carboxylic acids is 1. The molecule has 1 unspecified atom stereocenters. The molecule has 2 fully saturated rings. The van der Waals surface area contributed by atoms with E-state index in [0.29, 0.717) is 17.0 Å². The molecular weight excluding hydrogens is 692 g/mol. The van der Waals surface area contributed by atoms with Gasteiger partial charge in [-0.2, -0.15) is 0 Å². The van der Waals surface area contributed by atoms with Gasteiger partial charge in [-0.15, -0.1) is 6.58 Å². The number of hydrogen-bond acceptors (Lipinski definition) is 7. The lowest BCUT2D eigenvalue weighted by Crippen LogP contribution is -2.59. The Hall–Kier alpha value is -4.45. The van der Waals surface area contributed by atoms with E-state index in [-0.39, 0.29) is 19.4 Å². The normalized spacial score (nSPS) is 22.6. The number of carboxylic acid groups (broad SMARTS) is 1. The summed E-state index contributed by atoms with van der Waals surface area (Å²) < 4.78 is 12.9. The number of ether oxygens (including phenoxy) is 2. The van der Waals surface area contributed by atoms with Crippen molar-refractivity contribution in [1.82, 2.24) is 20.5 Å². The molecule has 3 aromatic rings. The Labute approximate surface area is 294 Å². The van der Waals surface area contributed by atoms with Gasteiger partial charge in [-0.3, -0.25) is 9.59 Å². The van der Waals surface area contributed by atoms with E-state index >= 15 is 0 Å². The molecular formula is C37H43BrN4O7. The van der Waals surface area contributed by atoms with Crippen LogP contribution in [-0.2, 0) is 19.1 Å². The molecule has 5 rings (SSSR count). The van der Waals surface area contributed by atoms with Gasteiger partial charge in [0.1, 0.15) is 35.1 Å². The van der Waals surface area contributed by atoms with E-state index in [1.165, 1.54) is 11.0 Å². The van der Waals surface area contributed by atoms with Crippen molar-refractivity contribution < 1.29 is 33.8 Å². The van der Waals surface area contributed by atoms with Crippen LogP contribution in [0.2, 0.25) is 0 Å². The van der Waals surface area contributed by atoms with Gasteiger partial charge in [-0.1, -0.05) is 73.1 Å². The molecule has 12 heteroatoms. The highest BCUT2D eigenvalue weighted by atomic mass is 79.9. The Morgan fingerprint density at radius 1 is 1.08 bits per heavy atom. The maximum Gasteiger partial charge on any atom is 0.408 e. The van der Waals surface area contributed by atoms with Crippen LogP contribution >= 0.6 is 15.9 Å². The fourth-order valence-corrected chi connectivity index (χ4v) is 6.49. The quantitative estimate of drug-likeness (QED) is 0.224. The molecule has 2 heterocycles. The van der Waals surface area contributed by atoms with E-state index in [4.69, 9.17) is 14.5 Å². The summed E-state index contributed by atoms with van der Waals surface area (Å²) in [7, 11) is 0. The number of nitrogens with zero attached hydrogens (tertiary/aromatic N) is 2. The van der Waals surface area contributed by atoms with Crippen molar-refractivity contribution in [2.45, 2.75) is 83.7 Å². The van der Waals surface area contributed by atoms with Crippen LogP contribution in [0, 0.1) is 11.3 Å². The Morgan fingerprint density at radius 2 is 1.78 bits per heavy atom. The fraction of sp³-hybridized carbons (Fsp3) is 0.432. The van der Waals surface area contributed by atoms with Gasteiger partial charge >= 0.3 is 12.1 Å². The smallest absolute Gasteiger partial charge is 0.408 e. The van der Waals surface area contributed by atoms with Crippen LogP contribution in [0.1, 0.15) is 54.4 Å². The number of rotatable bonds is 9. The van der Waals surface area contributed by atoms with Crippen molar-refractivity contribution in [3.8, 4) is 17.0 Å². The standard InChI is InChI=1S/C37H43BrN4O7/c1-8-22-19-37(22,33(45)46)41-31(43)28-17-24(20-42(28)32(44)30(35(2,3)4)40-34(47)49-36(5,6)7)48-29-18-26(21-12-10-9-11-13-21)39-27-16-23(38)14-15-25(27)29/h8-16,18,22,24,28,30H,1,17,19-20H2,2-7H3,(H,40,47)(H,41,43)(H,45,46)/t22-,24+,28-,30+,37?/m0/s1. The summed E-state index contributed by atoms with van der Waals surface area (Å²) in [5, 5.41) is 16.2. The zero-order chi connectivity index (χ0) is 35.9. The predicted molar refractivity (Wildman–Crippen MR) is 189 cm³/mol. The van der Waals surface area contributed by atoms with Crippen molar-refractivity contribution in [2.24, 2.45) is 11.3 Å². The molecule has 260 valence electrons. The molecule has 5 atom stereocenters. The highest BCUT2D eigenvalue weighted by Gasteiger charge is 2.61. The lowest BCUT2D eigenvalue weighted by molar-refractivity contribution is -0.146. The lowest BCUT2D eigenvalue weighted by atomic mass is 9.85. The molecule has 2 aromatic carbocycles. The minimum atomic E-state index is -1.50. The first-order chi connectivity index (χ1) is 22.9. The number of benzene rings is 2. The average molecular weight is 736 g/mol. The van der Waals surface area contributed by atoms with Crippen molar-refractivity contribution >= 4 is 50.7 Å². The van der Waals surface area contributed by atoms with Crippen LogP contribution in [0.3, 0.4) is 0 Å². The van der Waals surface area contributed by atoms with Crippen LogP contribution in [0.25, 0.3) is 22.2 Å². The number of aromatic nitrogens is 1. The second-order valence-electron chi connectivity index (χ2n) is 14.8. The number of carbonyl (C=O) groups is 4. The highest BCUT2D eigenvalue weighted by molar-refractivity contribution is 9.10. The summed E-state index contributed by atoms with van der Waals surface area (Å²) in [6.45, 7) is 14.3. The molecule has 1 saturated heterocycles. The summed E-state index contributed by atoms with van der Waals surface area (Å²) in [6, 6.07) is 15.0. The maximum atomic E-state index is 14.4. The first-order valence-electron chi connectivity index (χ1n) is 16.2. The van der Waals surface area contributed by atoms with Crippen LogP contribution in [0.5, 0.6) is 5.75 Å². The minimum absolute atomic E-state index is 0.00543. The van der Waals surface area contributed by atoms with Crippen molar-refractivity contribution in [3.05, 3.63) is 71.7 Å². The number of fused-ring (bicyclic) bond motifs is 1. The number of aliphatic carboxylic acids is 1. The van der Waals surface area contributed by atoms with Crippen molar-refractivity contribution in [2.75, 3.05) is 6.54 Å². The van der Waals surface area contributed by atoms with Gasteiger partial charge in [-0.05, 0) is 50.8 Å². The van der Waals surface area contributed by atoms with Gasteiger partial charge in [0.05, 0.1) is 17.8 Å². The molecule has 1 aromatic heterocycles. The number of amides is 3.